The number of hydrogen-bond acceptors (Lipinski definition) is 4. The molecule has 1 aromatic heterocycles. The fraction of sp³-hybridized carbons (Fsp3) is 0.444. The lowest BCUT2D eigenvalue weighted by Crippen LogP contribution is -2.39. The maximum Gasteiger partial charge on any atom is 0.323 e. The molecule has 0 spiro atoms. The second-order valence-corrected chi connectivity index (χ2v) is 7.08. The zero-order valence-electron chi connectivity index (χ0n) is 14.0. The molecule has 1 saturated heterocycles. The fourth-order valence-corrected chi connectivity index (χ4v) is 3.69. The molecule has 24 heavy (non-hydrogen) atoms. The molecule has 128 valence electrons. The average Bonchev–Trinajstić information content (AvgIpc) is 3.25. The van der Waals surface area contributed by atoms with E-state index in [2.05, 4.69) is 45.5 Å². The van der Waals surface area contributed by atoms with Gasteiger partial charge >= 0.3 is 6.03 Å². The summed E-state index contributed by atoms with van der Waals surface area (Å²) in [6.07, 6.45) is 2.85. The number of likely N-dealkylation sites (tertiary alicyclic amines) is 1. The van der Waals surface area contributed by atoms with E-state index < -0.39 is 0 Å². The highest BCUT2D eigenvalue weighted by atomic mass is 32.1. The monoisotopic (exact) mass is 344 g/mol. The number of carbonyl (C=O) groups excluding carboxylic acids is 1. The van der Waals surface area contributed by atoms with E-state index in [0.717, 1.165) is 32.6 Å². The molecular formula is C18H24N4OS. The first-order valence-electron chi connectivity index (χ1n) is 8.46. The van der Waals surface area contributed by atoms with Gasteiger partial charge in [-0.1, -0.05) is 30.3 Å². The third kappa shape index (κ3) is 4.55. The number of nitrogens with zero attached hydrogens (tertiary/aromatic N) is 3. The zero-order valence-corrected chi connectivity index (χ0v) is 14.8. The number of urea groups is 1. The van der Waals surface area contributed by atoms with Crippen LogP contribution in [0.5, 0.6) is 0 Å². The van der Waals surface area contributed by atoms with Crippen LogP contribution in [0.3, 0.4) is 0 Å². The lowest BCUT2D eigenvalue weighted by atomic mass is 10.1. The largest absolute Gasteiger partial charge is 0.324 e. The molecule has 0 bridgehead atoms. The molecule has 0 aliphatic carbocycles. The highest BCUT2D eigenvalue weighted by molar-refractivity contribution is 7.13. The van der Waals surface area contributed by atoms with Crippen molar-refractivity contribution in [1.29, 1.82) is 0 Å². The Kier molecular flexibility index (Phi) is 5.82. The number of hydrogen-bond donors (Lipinski definition) is 1. The topological polar surface area (TPSA) is 48.5 Å². The summed E-state index contributed by atoms with van der Waals surface area (Å²) in [7, 11) is 0. The summed E-state index contributed by atoms with van der Waals surface area (Å²) in [6.45, 7) is 6.69. The number of rotatable bonds is 6. The van der Waals surface area contributed by atoms with Crippen molar-refractivity contribution >= 4 is 22.5 Å². The minimum absolute atomic E-state index is 0.0473. The molecule has 2 aromatic rings. The van der Waals surface area contributed by atoms with Crippen molar-refractivity contribution in [2.24, 2.45) is 5.92 Å². The van der Waals surface area contributed by atoms with Crippen LogP contribution in [0.1, 0.15) is 18.9 Å². The van der Waals surface area contributed by atoms with Crippen molar-refractivity contribution in [3.8, 4) is 0 Å². The SMILES string of the molecule is CCN(CC1CCN(Cc2ccccc2)C1)C(=O)Nc1nccs1. The summed E-state index contributed by atoms with van der Waals surface area (Å²) < 4.78 is 0. The second-order valence-electron chi connectivity index (χ2n) is 6.18. The summed E-state index contributed by atoms with van der Waals surface area (Å²) in [5.41, 5.74) is 1.35. The van der Waals surface area contributed by atoms with E-state index in [1.165, 1.54) is 16.9 Å². The van der Waals surface area contributed by atoms with E-state index >= 15 is 0 Å². The Morgan fingerprint density at radius 3 is 2.96 bits per heavy atom. The first-order valence-corrected chi connectivity index (χ1v) is 9.34. The highest BCUT2D eigenvalue weighted by Crippen LogP contribution is 2.20. The quantitative estimate of drug-likeness (QED) is 0.872. The van der Waals surface area contributed by atoms with Crippen LogP contribution in [0, 0.1) is 5.92 Å². The van der Waals surface area contributed by atoms with Gasteiger partial charge in [0.15, 0.2) is 5.13 Å². The lowest BCUT2D eigenvalue weighted by molar-refractivity contribution is 0.203. The molecule has 5 nitrogen and oxygen atoms in total. The van der Waals surface area contributed by atoms with E-state index in [0.29, 0.717) is 17.6 Å². The van der Waals surface area contributed by atoms with Gasteiger partial charge in [0, 0.05) is 37.8 Å². The molecule has 3 rings (SSSR count). The van der Waals surface area contributed by atoms with E-state index in [1.54, 1.807) is 6.20 Å². The molecule has 0 saturated carbocycles. The Morgan fingerprint density at radius 2 is 2.25 bits per heavy atom. The Balaban J connectivity index is 1.49. The van der Waals surface area contributed by atoms with Crippen LogP contribution < -0.4 is 5.32 Å². The Bertz CT molecular complexity index is 632. The van der Waals surface area contributed by atoms with Gasteiger partial charge in [0.1, 0.15) is 0 Å². The molecule has 1 aliphatic heterocycles. The normalized spacial score (nSPS) is 17.8. The maximum absolute atomic E-state index is 12.4. The third-order valence-electron chi connectivity index (χ3n) is 4.41. The van der Waals surface area contributed by atoms with Gasteiger partial charge in [-0.15, -0.1) is 11.3 Å². The maximum atomic E-state index is 12.4. The lowest BCUT2D eigenvalue weighted by Gasteiger charge is -2.24. The summed E-state index contributed by atoms with van der Waals surface area (Å²) in [4.78, 5) is 20.9. The van der Waals surface area contributed by atoms with Gasteiger partial charge in [0.25, 0.3) is 0 Å². The van der Waals surface area contributed by atoms with Crippen molar-refractivity contribution in [1.82, 2.24) is 14.8 Å². The predicted molar refractivity (Wildman–Crippen MR) is 98.2 cm³/mol. The minimum Gasteiger partial charge on any atom is -0.324 e. The van der Waals surface area contributed by atoms with E-state index in [1.807, 2.05) is 17.2 Å². The molecule has 0 radical (unpaired) electrons. The van der Waals surface area contributed by atoms with Crippen LogP contribution >= 0.6 is 11.3 Å². The van der Waals surface area contributed by atoms with Crippen molar-refractivity contribution in [3.63, 3.8) is 0 Å². The molecule has 1 aromatic carbocycles. The molecule has 2 heterocycles. The van der Waals surface area contributed by atoms with Crippen molar-refractivity contribution in [2.45, 2.75) is 19.9 Å². The van der Waals surface area contributed by atoms with Gasteiger partial charge in [0.2, 0.25) is 0 Å². The van der Waals surface area contributed by atoms with Crippen LogP contribution in [0.2, 0.25) is 0 Å². The summed E-state index contributed by atoms with van der Waals surface area (Å²) >= 11 is 1.45. The van der Waals surface area contributed by atoms with Crippen LogP contribution in [0.25, 0.3) is 0 Å². The van der Waals surface area contributed by atoms with Gasteiger partial charge in [-0.05, 0) is 31.4 Å². The number of nitrogens with one attached hydrogen (secondary N) is 1. The fourth-order valence-electron chi connectivity index (χ4n) is 3.17. The van der Waals surface area contributed by atoms with E-state index in [4.69, 9.17) is 0 Å². The molecule has 1 atom stereocenters. The van der Waals surface area contributed by atoms with Crippen LogP contribution in [-0.4, -0.2) is 47.0 Å². The molecule has 1 fully saturated rings. The summed E-state index contributed by atoms with van der Waals surface area (Å²) in [5.74, 6) is 0.538. The van der Waals surface area contributed by atoms with Crippen molar-refractivity contribution in [2.75, 3.05) is 31.5 Å². The van der Waals surface area contributed by atoms with Gasteiger partial charge < -0.3 is 4.90 Å². The number of anilines is 1. The molecular weight excluding hydrogens is 320 g/mol. The Labute approximate surface area is 147 Å². The van der Waals surface area contributed by atoms with Crippen molar-refractivity contribution in [3.05, 3.63) is 47.5 Å². The molecule has 6 heteroatoms. The van der Waals surface area contributed by atoms with Crippen LogP contribution in [0.4, 0.5) is 9.93 Å². The zero-order chi connectivity index (χ0) is 16.8. The van der Waals surface area contributed by atoms with E-state index in [9.17, 15) is 4.79 Å². The number of aromatic nitrogens is 1. The molecule has 1 aliphatic rings. The number of amides is 2. The number of benzene rings is 1. The number of thiazole rings is 1. The Morgan fingerprint density at radius 1 is 1.42 bits per heavy atom. The highest BCUT2D eigenvalue weighted by Gasteiger charge is 2.26. The average molecular weight is 344 g/mol. The van der Waals surface area contributed by atoms with Gasteiger partial charge in [-0.25, -0.2) is 9.78 Å². The molecule has 1 N–H and O–H groups in total. The smallest absolute Gasteiger partial charge is 0.323 e. The standard InChI is InChI=1S/C18H24N4OS/c1-2-22(18(23)20-17-19-9-11-24-17)14-16-8-10-21(13-16)12-15-6-4-3-5-7-15/h3-7,9,11,16H,2,8,10,12-14H2,1H3,(H,19,20,23). The molecule has 2 amide bonds. The van der Waals surface area contributed by atoms with Crippen LogP contribution in [-0.2, 0) is 6.54 Å². The first-order chi connectivity index (χ1) is 11.7. The minimum atomic E-state index is -0.0473. The summed E-state index contributed by atoms with van der Waals surface area (Å²) in [5, 5.41) is 5.41. The Hall–Kier alpha value is -1.92. The third-order valence-corrected chi connectivity index (χ3v) is 5.10. The second kappa shape index (κ2) is 8.26. The predicted octanol–water partition coefficient (Wildman–Crippen LogP) is 3.52. The van der Waals surface area contributed by atoms with Gasteiger partial charge in [-0.2, -0.15) is 0 Å². The van der Waals surface area contributed by atoms with Crippen LogP contribution in [0.15, 0.2) is 41.9 Å². The van der Waals surface area contributed by atoms with E-state index in [-0.39, 0.29) is 6.03 Å². The number of carbonyl (C=O) groups is 1. The molecule has 1 unspecified atom stereocenters. The van der Waals surface area contributed by atoms with Crippen molar-refractivity contribution < 1.29 is 4.79 Å². The van der Waals surface area contributed by atoms with Gasteiger partial charge in [-0.3, -0.25) is 10.2 Å². The summed E-state index contributed by atoms with van der Waals surface area (Å²) in [6, 6.07) is 10.5. The first kappa shape index (κ1) is 16.9. The van der Waals surface area contributed by atoms with Gasteiger partial charge in [0.05, 0.1) is 0 Å².